The fourth-order valence-electron chi connectivity index (χ4n) is 4.36. The van der Waals surface area contributed by atoms with Gasteiger partial charge in [-0.15, -0.1) is 0 Å². The Bertz CT molecular complexity index is 1590. The zero-order valence-corrected chi connectivity index (χ0v) is 22.7. The van der Waals surface area contributed by atoms with Gasteiger partial charge in [-0.3, -0.25) is 19.4 Å². The predicted molar refractivity (Wildman–Crippen MR) is 159 cm³/mol. The zero-order valence-electron chi connectivity index (χ0n) is 21.9. The van der Waals surface area contributed by atoms with Crippen molar-refractivity contribution in [1.29, 1.82) is 0 Å². The number of carboxylic acid groups (broad SMARTS) is 1. The summed E-state index contributed by atoms with van der Waals surface area (Å²) in [5.74, 6) is -1.46. The molecule has 0 radical (unpaired) electrons. The molecule has 4 aromatic carbocycles. The van der Waals surface area contributed by atoms with Gasteiger partial charge in [0.05, 0.1) is 24.0 Å². The number of para-hydroxylation sites is 3. The van der Waals surface area contributed by atoms with Crippen LogP contribution in [0.2, 0.25) is 0 Å². The van der Waals surface area contributed by atoms with E-state index < -0.39 is 17.8 Å². The number of hydrogen-bond donors (Lipinski definition) is 1. The minimum atomic E-state index is -1.02. The number of thiocarbonyl (C=S) groups is 1. The van der Waals surface area contributed by atoms with Crippen LogP contribution < -0.4 is 19.3 Å². The molecule has 1 saturated heterocycles. The lowest BCUT2D eigenvalue weighted by atomic mass is 10.0. The average Bonchev–Trinajstić information content (AvgIpc) is 2.99. The minimum absolute atomic E-state index is 0.0430. The molecule has 1 N–H and O–H groups in total. The quantitative estimate of drug-likeness (QED) is 0.166. The van der Waals surface area contributed by atoms with Crippen molar-refractivity contribution in [2.75, 3.05) is 16.9 Å². The standard InChI is InChI=1S/C32H24N2O6S/c1-39-27-14-8-9-23(28(27)40-20-21-15-17-22(18-16-21)31(37)38)19-26-29(35)33(24-10-4-2-5-11-24)32(41)34(30(26)36)25-12-6-3-7-13-25/h2-19H,20H2,1H3,(H,37,38). The van der Waals surface area contributed by atoms with Crippen molar-refractivity contribution in [2.24, 2.45) is 0 Å². The summed E-state index contributed by atoms with van der Waals surface area (Å²) in [7, 11) is 1.49. The molecular weight excluding hydrogens is 540 g/mol. The van der Waals surface area contributed by atoms with Crippen molar-refractivity contribution >= 4 is 52.6 Å². The maximum Gasteiger partial charge on any atom is 0.335 e. The van der Waals surface area contributed by atoms with E-state index in [1.807, 2.05) is 12.1 Å². The van der Waals surface area contributed by atoms with Gasteiger partial charge in [0.25, 0.3) is 11.8 Å². The highest BCUT2D eigenvalue weighted by atomic mass is 32.1. The molecule has 0 aliphatic carbocycles. The van der Waals surface area contributed by atoms with Crippen LogP contribution in [0.3, 0.4) is 0 Å². The summed E-state index contributed by atoms with van der Waals surface area (Å²) in [4.78, 5) is 41.6. The number of ether oxygens (including phenoxy) is 2. The number of carboxylic acids is 1. The molecule has 1 aliphatic heterocycles. The van der Waals surface area contributed by atoms with E-state index >= 15 is 0 Å². The topological polar surface area (TPSA) is 96.4 Å². The van der Waals surface area contributed by atoms with Crippen molar-refractivity contribution in [2.45, 2.75) is 6.61 Å². The molecule has 1 heterocycles. The van der Waals surface area contributed by atoms with Crippen LogP contribution in [-0.4, -0.2) is 35.1 Å². The van der Waals surface area contributed by atoms with Crippen molar-refractivity contribution in [3.05, 3.63) is 125 Å². The third kappa shape index (κ3) is 5.57. The highest BCUT2D eigenvalue weighted by Crippen LogP contribution is 2.36. The highest BCUT2D eigenvalue weighted by Gasteiger charge is 2.41. The molecule has 2 amide bonds. The summed E-state index contributed by atoms with van der Waals surface area (Å²) in [6.07, 6.45) is 1.48. The predicted octanol–water partition coefficient (Wildman–Crippen LogP) is 5.72. The molecule has 5 rings (SSSR count). The molecule has 0 unspecified atom stereocenters. The Kier molecular flexibility index (Phi) is 7.89. The van der Waals surface area contributed by atoms with E-state index in [1.54, 1.807) is 78.9 Å². The van der Waals surface area contributed by atoms with Gasteiger partial charge < -0.3 is 14.6 Å². The van der Waals surface area contributed by atoms with E-state index in [9.17, 15) is 14.4 Å². The van der Waals surface area contributed by atoms with Gasteiger partial charge in [-0.05, 0) is 66.3 Å². The SMILES string of the molecule is COc1cccc(C=C2C(=O)N(c3ccccc3)C(=S)N(c3ccccc3)C2=O)c1OCc1ccc(C(=O)O)cc1. The molecule has 0 atom stereocenters. The molecular formula is C32H24N2O6S. The third-order valence-corrected chi connectivity index (χ3v) is 6.76. The zero-order chi connectivity index (χ0) is 28.9. The molecule has 0 saturated carbocycles. The molecule has 8 nitrogen and oxygen atoms in total. The maximum absolute atomic E-state index is 13.9. The van der Waals surface area contributed by atoms with Crippen molar-refractivity contribution in [3.63, 3.8) is 0 Å². The van der Waals surface area contributed by atoms with Gasteiger partial charge >= 0.3 is 5.97 Å². The van der Waals surface area contributed by atoms with E-state index in [-0.39, 0.29) is 22.9 Å². The fraction of sp³-hybridized carbons (Fsp3) is 0.0625. The summed E-state index contributed by atoms with van der Waals surface area (Å²) in [5.41, 5.74) is 2.25. The summed E-state index contributed by atoms with van der Waals surface area (Å²) in [5, 5.41) is 9.20. The van der Waals surface area contributed by atoms with Gasteiger partial charge in [0.2, 0.25) is 0 Å². The van der Waals surface area contributed by atoms with Gasteiger partial charge in [0.1, 0.15) is 12.2 Å². The molecule has 0 aromatic heterocycles. The molecule has 4 aromatic rings. The van der Waals surface area contributed by atoms with Crippen LogP contribution in [0.5, 0.6) is 11.5 Å². The van der Waals surface area contributed by atoms with E-state index in [4.69, 9.17) is 26.8 Å². The number of carbonyl (C=O) groups excluding carboxylic acids is 2. The van der Waals surface area contributed by atoms with Crippen LogP contribution in [-0.2, 0) is 16.2 Å². The van der Waals surface area contributed by atoms with Crippen molar-refractivity contribution in [1.82, 2.24) is 0 Å². The van der Waals surface area contributed by atoms with Gasteiger partial charge in [-0.2, -0.15) is 0 Å². The monoisotopic (exact) mass is 564 g/mol. The molecule has 0 spiro atoms. The molecule has 0 bridgehead atoms. The Morgan fingerprint density at radius 3 is 1.88 bits per heavy atom. The second-order valence-corrected chi connectivity index (χ2v) is 9.33. The van der Waals surface area contributed by atoms with Crippen molar-refractivity contribution < 1.29 is 29.0 Å². The number of anilines is 2. The van der Waals surface area contributed by atoms with Crippen LogP contribution >= 0.6 is 12.2 Å². The van der Waals surface area contributed by atoms with Crippen LogP contribution in [0.15, 0.2) is 109 Å². The van der Waals surface area contributed by atoms with Gasteiger partial charge in [0.15, 0.2) is 16.6 Å². The first-order valence-electron chi connectivity index (χ1n) is 12.6. The molecule has 1 fully saturated rings. The van der Waals surface area contributed by atoms with E-state index in [2.05, 4.69) is 0 Å². The summed E-state index contributed by atoms with van der Waals surface area (Å²) in [6.45, 7) is 0.0920. The smallest absolute Gasteiger partial charge is 0.335 e. The van der Waals surface area contributed by atoms with Crippen LogP contribution in [0.4, 0.5) is 11.4 Å². The van der Waals surface area contributed by atoms with E-state index in [1.165, 1.54) is 35.1 Å². The van der Waals surface area contributed by atoms with Crippen LogP contribution in [0.25, 0.3) is 6.08 Å². The van der Waals surface area contributed by atoms with Gasteiger partial charge in [0, 0.05) is 5.56 Å². The first-order chi connectivity index (χ1) is 19.9. The largest absolute Gasteiger partial charge is 0.493 e. The number of carbonyl (C=O) groups is 3. The number of benzene rings is 4. The number of amides is 2. The lowest BCUT2D eigenvalue weighted by Crippen LogP contribution is -2.56. The minimum Gasteiger partial charge on any atom is -0.493 e. The van der Waals surface area contributed by atoms with Crippen LogP contribution in [0.1, 0.15) is 21.5 Å². The summed E-state index contributed by atoms with van der Waals surface area (Å²) >= 11 is 5.67. The lowest BCUT2D eigenvalue weighted by molar-refractivity contribution is -0.120. The molecule has 204 valence electrons. The summed E-state index contributed by atoms with van der Waals surface area (Å²) in [6, 6.07) is 29.2. The molecule has 41 heavy (non-hydrogen) atoms. The van der Waals surface area contributed by atoms with Crippen LogP contribution in [0, 0.1) is 0 Å². The highest BCUT2D eigenvalue weighted by molar-refractivity contribution is 7.81. The first-order valence-corrected chi connectivity index (χ1v) is 13.0. The number of nitrogens with zero attached hydrogens (tertiary/aromatic N) is 2. The summed E-state index contributed by atoms with van der Waals surface area (Å²) < 4.78 is 11.6. The number of hydrogen-bond acceptors (Lipinski definition) is 6. The Morgan fingerprint density at radius 2 is 1.37 bits per heavy atom. The third-order valence-electron chi connectivity index (χ3n) is 6.39. The Morgan fingerprint density at radius 1 is 0.805 bits per heavy atom. The fourth-order valence-corrected chi connectivity index (χ4v) is 4.73. The number of aromatic carboxylic acids is 1. The number of methoxy groups -OCH3 is 1. The van der Waals surface area contributed by atoms with Gasteiger partial charge in [-0.1, -0.05) is 60.7 Å². The first kappa shape index (κ1) is 27.3. The molecule has 9 heteroatoms. The lowest BCUT2D eigenvalue weighted by Gasteiger charge is -2.36. The second kappa shape index (κ2) is 11.8. The second-order valence-electron chi connectivity index (χ2n) is 8.96. The Balaban J connectivity index is 1.56. The molecule has 1 aliphatic rings. The average molecular weight is 565 g/mol. The van der Waals surface area contributed by atoms with E-state index in [0.29, 0.717) is 28.4 Å². The van der Waals surface area contributed by atoms with E-state index in [0.717, 1.165) is 5.56 Å². The van der Waals surface area contributed by atoms with Gasteiger partial charge in [-0.25, -0.2) is 4.79 Å². The van der Waals surface area contributed by atoms with Crippen molar-refractivity contribution in [3.8, 4) is 11.5 Å². The maximum atomic E-state index is 13.9. The normalized spacial score (nSPS) is 13.3. The number of rotatable bonds is 8. The Hall–Kier alpha value is -5.28. The Labute approximate surface area is 241 Å².